The standard InChI is InChI=1S/C17H14ClIN2O3/c1-10-2-4-12(7-13(10)19)20-16(22)8-21-14-6-11(18)3-5-15(14)24-9-17(21)23/h2-7H,8-9H2,1H3,(H,20,22). The van der Waals surface area contributed by atoms with Gasteiger partial charge >= 0.3 is 0 Å². The zero-order chi connectivity index (χ0) is 17.3. The maximum Gasteiger partial charge on any atom is 0.265 e. The van der Waals surface area contributed by atoms with E-state index in [1.54, 1.807) is 18.2 Å². The van der Waals surface area contributed by atoms with E-state index in [-0.39, 0.29) is 25.0 Å². The lowest BCUT2D eigenvalue weighted by molar-refractivity contribution is -0.123. The Labute approximate surface area is 158 Å². The van der Waals surface area contributed by atoms with Crippen molar-refractivity contribution in [3.63, 3.8) is 0 Å². The summed E-state index contributed by atoms with van der Waals surface area (Å²) in [5.74, 6) is -0.0223. The summed E-state index contributed by atoms with van der Waals surface area (Å²) in [6, 6.07) is 10.7. The first-order chi connectivity index (χ1) is 11.4. The summed E-state index contributed by atoms with van der Waals surface area (Å²) in [6.07, 6.45) is 0. The number of amides is 2. The van der Waals surface area contributed by atoms with Crippen molar-refractivity contribution in [1.82, 2.24) is 0 Å². The number of carbonyl (C=O) groups is 2. The number of nitrogens with zero attached hydrogens (tertiary/aromatic N) is 1. The highest BCUT2D eigenvalue weighted by molar-refractivity contribution is 14.1. The summed E-state index contributed by atoms with van der Waals surface area (Å²) in [5.41, 5.74) is 2.34. The Balaban J connectivity index is 1.77. The molecule has 0 saturated carbocycles. The van der Waals surface area contributed by atoms with Crippen LogP contribution in [0.1, 0.15) is 5.56 Å². The molecule has 124 valence electrons. The van der Waals surface area contributed by atoms with Crippen LogP contribution < -0.4 is 15.0 Å². The third-order valence-corrected chi connectivity index (χ3v) is 5.02. The van der Waals surface area contributed by atoms with Crippen LogP contribution in [0.25, 0.3) is 0 Å². The minimum absolute atomic E-state index is 0.0929. The maximum absolute atomic E-state index is 12.3. The van der Waals surface area contributed by atoms with Gasteiger partial charge in [-0.1, -0.05) is 17.7 Å². The van der Waals surface area contributed by atoms with Crippen molar-refractivity contribution in [2.24, 2.45) is 0 Å². The maximum atomic E-state index is 12.3. The number of aryl methyl sites for hydroxylation is 1. The van der Waals surface area contributed by atoms with Crippen molar-refractivity contribution in [2.75, 3.05) is 23.4 Å². The van der Waals surface area contributed by atoms with E-state index in [2.05, 4.69) is 27.9 Å². The van der Waals surface area contributed by atoms with Crippen LogP contribution in [-0.4, -0.2) is 25.0 Å². The molecule has 0 bridgehead atoms. The minimum atomic E-state index is -0.282. The average Bonchev–Trinajstić information content (AvgIpc) is 2.54. The van der Waals surface area contributed by atoms with Gasteiger partial charge in [0.25, 0.3) is 5.91 Å². The van der Waals surface area contributed by atoms with Crippen molar-refractivity contribution >= 4 is 57.4 Å². The Hall–Kier alpha value is -1.80. The Morgan fingerprint density at radius 1 is 1.33 bits per heavy atom. The first kappa shape index (κ1) is 17.0. The molecule has 2 aromatic rings. The number of hydrogen-bond acceptors (Lipinski definition) is 3. The summed E-state index contributed by atoms with van der Waals surface area (Å²) in [4.78, 5) is 25.9. The van der Waals surface area contributed by atoms with Crippen LogP contribution in [0.3, 0.4) is 0 Å². The largest absolute Gasteiger partial charge is 0.482 e. The summed E-state index contributed by atoms with van der Waals surface area (Å²) in [7, 11) is 0. The highest BCUT2D eigenvalue weighted by Crippen LogP contribution is 2.34. The fourth-order valence-corrected chi connectivity index (χ4v) is 3.04. The Kier molecular flexibility index (Phi) is 4.96. The van der Waals surface area contributed by atoms with Gasteiger partial charge in [-0.25, -0.2) is 0 Å². The van der Waals surface area contributed by atoms with Gasteiger partial charge < -0.3 is 10.1 Å². The number of halogens is 2. The molecule has 2 aromatic carbocycles. The van der Waals surface area contributed by atoms with Crippen LogP contribution in [-0.2, 0) is 9.59 Å². The van der Waals surface area contributed by atoms with Crippen LogP contribution in [0.2, 0.25) is 5.02 Å². The van der Waals surface area contributed by atoms with E-state index in [9.17, 15) is 9.59 Å². The van der Waals surface area contributed by atoms with Gasteiger partial charge in [-0.15, -0.1) is 0 Å². The molecule has 1 heterocycles. The number of benzene rings is 2. The molecule has 0 aromatic heterocycles. The van der Waals surface area contributed by atoms with Crippen LogP contribution in [0, 0.1) is 10.5 Å². The number of carbonyl (C=O) groups excluding carboxylic acids is 2. The first-order valence-corrected chi connectivity index (χ1v) is 8.68. The summed E-state index contributed by atoms with van der Waals surface area (Å²) in [6.45, 7) is 1.81. The van der Waals surface area contributed by atoms with Crippen LogP contribution in [0.5, 0.6) is 5.75 Å². The molecule has 0 atom stereocenters. The topological polar surface area (TPSA) is 58.6 Å². The molecule has 7 heteroatoms. The molecule has 1 aliphatic rings. The van der Waals surface area contributed by atoms with Gasteiger partial charge in [-0.3, -0.25) is 14.5 Å². The van der Waals surface area contributed by atoms with Crippen molar-refractivity contribution in [3.8, 4) is 5.75 Å². The minimum Gasteiger partial charge on any atom is -0.482 e. The number of anilines is 2. The van der Waals surface area contributed by atoms with E-state index in [1.165, 1.54) is 4.90 Å². The van der Waals surface area contributed by atoms with E-state index in [4.69, 9.17) is 16.3 Å². The normalized spacial score (nSPS) is 13.3. The molecule has 3 rings (SSSR count). The molecule has 0 unspecified atom stereocenters. The second-order valence-corrected chi connectivity index (χ2v) is 6.99. The smallest absolute Gasteiger partial charge is 0.265 e. The molecule has 5 nitrogen and oxygen atoms in total. The van der Waals surface area contributed by atoms with Gasteiger partial charge in [0.1, 0.15) is 12.3 Å². The van der Waals surface area contributed by atoms with Gasteiger partial charge in [0, 0.05) is 14.3 Å². The van der Waals surface area contributed by atoms with Gasteiger partial charge in [0.2, 0.25) is 5.91 Å². The Morgan fingerprint density at radius 3 is 2.88 bits per heavy atom. The molecule has 0 aliphatic carbocycles. The van der Waals surface area contributed by atoms with Crippen LogP contribution >= 0.6 is 34.2 Å². The van der Waals surface area contributed by atoms with Gasteiger partial charge in [-0.05, 0) is 65.4 Å². The molecule has 0 spiro atoms. The molecular formula is C17H14ClIN2O3. The number of nitrogens with one attached hydrogen (secondary N) is 1. The summed E-state index contributed by atoms with van der Waals surface area (Å²) >= 11 is 8.21. The van der Waals surface area contributed by atoms with Crippen LogP contribution in [0.15, 0.2) is 36.4 Å². The highest BCUT2D eigenvalue weighted by Gasteiger charge is 2.27. The third-order valence-electron chi connectivity index (χ3n) is 3.62. The predicted molar refractivity (Wildman–Crippen MR) is 102 cm³/mol. The molecule has 24 heavy (non-hydrogen) atoms. The molecule has 0 saturated heterocycles. The third kappa shape index (κ3) is 3.64. The average molecular weight is 457 g/mol. The summed E-state index contributed by atoms with van der Waals surface area (Å²) < 4.78 is 6.43. The zero-order valence-corrected chi connectivity index (χ0v) is 15.7. The summed E-state index contributed by atoms with van der Waals surface area (Å²) in [5, 5.41) is 3.29. The van der Waals surface area contributed by atoms with Gasteiger partial charge in [0.15, 0.2) is 6.61 Å². The van der Waals surface area contributed by atoms with Crippen molar-refractivity contribution < 1.29 is 14.3 Å². The lowest BCUT2D eigenvalue weighted by atomic mass is 10.2. The Bertz CT molecular complexity index is 825. The molecule has 1 aliphatic heterocycles. The number of hydrogen-bond donors (Lipinski definition) is 1. The fraction of sp³-hybridized carbons (Fsp3) is 0.176. The predicted octanol–water partition coefficient (Wildman–Crippen LogP) is 3.62. The number of fused-ring (bicyclic) bond motifs is 1. The molecule has 0 radical (unpaired) electrons. The van der Waals surface area contributed by atoms with E-state index >= 15 is 0 Å². The quantitative estimate of drug-likeness (QED) is 0.718. The van der Waals surface area contributed by atoms with Gasteiger partial charge in [-0.2, -0.15) is 0 Å². The lowest BCUT2D eigenvalue weighted by Gasteiger charge is -2.29. The highest BCUT2D eigenvalue weighted by atomic mass is 127. The first-order valence-electron chi connectivity index (χ1n) is 7.23. The van der Waals surface area contributed by atoms with Crippen molar-refractivity contribution in [3.05, 3.63) is 50.6 Å². The molecule has 2 amide bonds. The molecule has 0 fully saturated rings. The van der Waals surface area contributed by atoms with Crippen molar-refractivity contribution in [1.29, 1.82) is 0 Å². The van der Waals surface area contributed by atoms with E-state index < -0.39 is 0 Å². The van der Waals surface area contributed by atoms with E-state index in [0.29, 0.717) is 22.1 Å². The lowest BCUT2D eigenvalue weighted by Crippen LogP contribution is -2.43. The van der Waals surface area contributed by atoms with E-state index in [0.717, 1.165) is 9.13 Å². The molecule has 1 N–H and O–H groups in total. The number of rotatable bonds is 3. The Morgan fingerprint density at radius 2 is 2.12 bits per heavy atom. The SMILES string of the molecule is Cc1ccc(NC(=O)CN2C(=O)COc3ccc(Cl)cc32)cc1I. The molecular weight excluding hydrogens is 443 g/mol. The van der Waals surface area contributed by atoms with Crippen molar-refractivity contribution in [2.45, 2.75) is 6.92 Å². The second kappa shape index (κ2) is 6.98. The zero-order valence-electron chi connectivity index (χ0n) is 12.8. The second-order valence-electron chi connectivity index (χ2n) is 5.39. The van der Waals surface area contributed by atoms with Gasteiger partial charge in [0.05, 0.1) is 5.69 Å². The van der Waals surface area contributed by atoms with Crippen LogP contribution in [0.4, 0.5) is 11.4 Å². The van der Waals surface area contributed by atoms with E-state index in [1.807, 2.05) is 25.1 Å². The fourth-order valence-electron chi connectivity index (χ4n) is 2.36. The monoisotopic (exact) mass is 456 g/mol. The number of ether oxygens (including phenoxy) is 1.